The monoisotopic (exact) mass is 167 g/mol. The molecule has 0 amide bonds. The molecule has 0 aromatic carbocycles. The summed E-state index contributed by atoms with van der Waals surface area (Å²) in [4.78, 5) is 2.29. The molecule has 1 aliphatic rings. The normalized spacial score (nSPS) is 31.4. The van der Waals surface area contributed by atoms with Crippen LogP contribution in [0.3, 0.4) is 0 Å². The van der Waals surface area contributed by atoms with Crippen molar-refractivity contribution in [3.63, 3.8) is 0 Å². The molecule has 0 aromatic rings. The lowest BCUT2D eigenvalue weighted by Crippen LogP contribution is -2.47. The fourth-order valence-corrected chi connectivity index (χ4v) is 1.58. The van der Waals surface area contributed by atoms with E-state index in [2.05, 4.69) is 17.9 Å². The summed E-state index contributed by atoms with van der Waals surface area (Å²) in [6.07, 6.45) is 1.80. The Labute approximate surface area is 74.1 Å². The van der Waals surface area contributed by atoms with Crippen LogP contribution < -0.4 is 5.73 Å². The molecular weight excluding hydrogens is 150 g/mol. The van der Waals surface area contributed by atoms with Crippen LogP contribution in [0.15, 0.2) is 0 Å². The minimum atomic E-state index is 0.303. The smallest absolute Gasteiger partial charge is 0.0635 e. The van der Waals surface area contributed by atoms with Gasteiger partial charge < -0.3 is 10.6 Å². The molecule has 0 bridgehead atoms. The van der Waals surface area contributed by atoms with E-state index in [1.54, 1.807) is 0 Å². The molecule has 1 aliphatic heterocycles. The van der Waals surface area contributed by atoms with Gasteiger partial charge in [0.1, 0.15) is 0 Å². The summed E-state index contributed by atoms with van der Waals surface area (Å²) in [5.74, 6) is 0.642. The van der Waals surface area contributed by atoms with Crippen LogP contribution in [0.25, 0.3) is 0 Å². The van der Waals surface area contributed by atoms with Gasteiger partial charge in [-0.1, -0.05) is 6.92 Å². The predicted octanol–water partition coefficient (Wildman–Crippen LogP) is 0.569. The molecule has 12 heavy (non-hydrogen) atoms. The van der Waals surface area contributed by atoms with E-state index in [1.807, 2.05) is 0 Å². The highest BCUT2D eigenvalue weighted by Gasteiger charge is 2.22. The van der Waals surface area contributed by atoms with Gasteiger partial charge in [0, 0.05) is 25.6 Å². The van der Waals surface area contributed by atoms with Crippen molar-refractivity contribution in [3.8, 4) is 6.07 Å². The van der Waals surface area contributed by atoms with Crippen molar-refractivity contribution in [1.29, 1.82) is 5.26 Å². The molecule has 1 rings (SSSR count). The van der Waals surface area contributed by atoms with E-state index in [0.29, 0.717) is 18.4 Å². The second-order valence-corrected chi connectivity index (χ2v) is 3.64. The molecule has 2 atom stereocenters. The number of likely N-dealkylation sites (tertiary alicyclic amines) is 1. The summed E-state index contributed by atoms with van der Waals surface area (Å²) >= 11 is 0. The minimum Gasteiger partial charge on any atom is -0.326 e. The Hall–Kier alpha value is -0.590. The second kappa shape index (κ2) is 4.44. The maximum atomic E-state index is 8.41. The van der Waals surface area contributed by atoms with E-state index in [-0.39, 0.29) is 0 Å². The summed E-state index contributed by atoms with van der Waals surface area (Å²) in [6, 6.07) is 2.46. The topological polar surface area (TPSA) is 53.0 Å². The van der Waals surface area contributed by atoms with Crippen molar-refractivity contribution < 1.29 is 0 Å². The van der Waals surface area contributed by atoms with E-state index in [9.17, 15) is 0 Å². The Balaban J connectivity index is 2.26. The van der Waals surface area contributed by atoms with Crippen molar-refractivity contribution in [3.05, 3.63) is 0 Å². The molecule has 1 fully saturated rings. The largest absolute Gasteiger partial charge is 0.326 e. The standard InChI is InChI=1S/C9H17N3/c1-8-3-6-12(5-2-4-10)7-9(8)11/h8-9H,2-3,5-7,11H2,1H3. The second-order valence-electron chi connectivity index (χ2n) is 3.64. The van der Waals surface area contributed by atoms with Crippen molar-refractivity contribution in [1.82, 2.24) is 4.90 Å². The van der Waals surface area contributed by atoms with Crippen LogP contribution in [0.4, 0.5) is 0 Å². The third-order valence-corrected chi connectivity index (χ3v) is 2.64. The molecular formula is C9H17N3. The van der Waals surface area contributed by atoms with Crippen molar-refractivity contribution in [2.75, 3.05) is 19.6 Å². The molecule has 3 heteroatoms. The molecule has 0 radical (unpaired) electrons. The molecule has 1 heterocycles. The van der Waals surface area contributed by atoms with Crippen LogP contribution in [0, 0.1) is 17.2 Å². The van der Waals surface area contributed by atoms with Gasteiger partial charge in [0.2, 0.25) is 0 Å². The molecule has 2 N–H and O–H groups in total. The number of hydrogen-bond donors (Lipinski definition) is 1. The van der Waals surface area contributed by atoms with Crippen LogP contribution >= 0.6 is 0 Å². The number of nitrogens with two attached hydrogens (primary N) is 1. The third kappa shape index (κ3) is 2.47. The molecule has 3 nitrogen and oxygen atoms in total. The Bertz CT molecular complexity index is 173. The number of nitrogens with zero attached hydrogens (tertiary/aromatic N) is 2. The quantitative estimate of drug-likeness (QED) is 0.654. The zero-order valence-corrected chi connectivity index (χ0v) is 7.66. The first kappa shape index (κ1) is 9.50. The van der Waals surface area contributed by atoms with Gasteiger partial charge in [0.15, 0.2) is 0 Å². The molecule has 0 aliphatic carbocycles. The lowest BCUT2D eigenvalue weighted by atomic mass is 9.94. The van der Waals surface area contributed by atoms with Gasteiger partial charge in [-0.2, -0.15) is 5.26 Å². The molecule has 1 saturated heterocycles. The van der Waals surface area contributed by atoms with Crippen LogP contribution in [0.2, 0.25) is 0 Å². The SMILES string of the molecule is CC1CCN(CCC#N)CC1N. The Kier molecular flexibility index (Phi) is 3.51. The van der Waals surface area contributed by atoms with Crippen molar-refractivity contribution in [2.45, 2.75) is 25.8 Å². The summed E-state index contributed by atoms with van der Waals surface area (Å²) in [5.41, 5.74) is 5.92. The van der Waals surface area contributed by atoms with Crippen molar-refractivity contribution in [2.24, 2.45) is 11.7 Å². The van der Waals surface area contributed by atoms with Crippen LogP contribution in [-0.2, 0) is 0 Å². The fraction of sp³-hybridized carbons (Fsp3) is 0.889. The number of piperidine rings is 1. The lowest BCUT2D eigenvalue weighted by Gasteiger charge is -2.34. The van der Waals surface area contributed by atoms with Crippen LogP contribution in [-0.4, -0.2) is 30.6 Å². The van der Waals surface area contributed by atoms with Gasteiger partial charge in [0.05, 0.1) is 6.07 Å². The first-order valence-electron chi connectivity index (χ1n) is 4.59. The van der Waals surface area contributed by atoms with E-state index in [0.717, 1.165) is 19.6 Å². The molecule has 0 saturated carbocycles. The predicted molar refractivity (Wildman–Crippen MR) is 48.4 cm³/mol. The van der Waals surface area contributed by atoms with Gasteiger partial charge in [-0.25, -0.2) is 0 Å². The first-order valence-corrected chi connectivity index (χ1v) is 4.59. The maximum Gasteiger partial charge on any atom is 0.0635 e. The van der Waals surface area contributed by atoms with E-state index < -0.39 is 0 Å². The zero-order chi connectivity index (χ0) is 8.97. The molecule has 2 unspecified atom stereocenters. The summed E-state index contributed by atoms with van der Waals surface area (Å²) in [7, 11) is 0. The average molecular weight is 167 g/mol. The van der Waals surface area contributed by atoms with Gasteiger partial charge in [-0.3, -0.25) is 0 Å². The summed E-state index contributed by atoms with van der Waals surface area (Å²) < 4.78 is 0. The first-order chi connectivity index (χ1) is 5.74. The highest BCUT2D eigenvalue weighted by atomic mass is 15.1. The highest BCUT2D eigenvalue weighted by Crippen LogP contribution is 2.14. The minimum absolute atomic E-state index is 0.303. The molecule has 0 aromatic heterocycles. The maximum absolute atomic E-state index is 8.41. The Morgan fingerprint density at radius 2 is 2.42 bits per heavy atom. The number of rotatable bonds is 2. The van der Waals surface area contributed by atoms with Crippen LogP contribution in [0.5, 0.6) is 0 Å². The van der Waals surface area contributed by atoms with Gasteiger partial charge >= 0.3 is 0 Å². The van der Waals surface area contributed by atoms with Gasteiger partial charge in [-0.15, -0.1) is 0 Å². The fourth-order valence-electron chi connectivity index (χ4n) is 1.58. The van der Waals surface area contributed by atoms with Gasteiger partial charge in [-0.05, 0) is 18.9 Å². The molecule has 0 spiro atoms. The zero-order valence-electron chi connectivity index (χ0n) is 7.66. The third-order valence-electron chi connectivity index (χ3n) is 2.64. The lowest BCUT2D eigenvalue weighted by molar-refractivity contribution is 0.172. The summed E-state index contributed by atoms with van der Waals surface area (Å²) in [6.45, 7) is 5.16. The van der Waals surface area contributed by atoms with E-state index in [4.69, 9.17) is 11.0 Å². The summed E-state index contributed by atoms with van der Waals surface area (Å²) in [5, 5.41) is 8.41. The van der Waals surface area contributed by atoms with Gasteiger partial charge in [0.25, 0.3) is 0 Å². The van der Waals surface area contributed by atoms with E-state index >= 15 is 0 Å². The Morgan fingerprint density at radius 3 is 3.00 bits per heavy atom. The van der Waals surface area contributed by atoms with Crippen molar-refractivity contribution >= 4 is 0 Å². The average Bonchev–Trinajstić information content (AvgIpc) is 2.07. The number of hydrogen-bond acceptors (Lipinski definition) is 3. The van der Waals surface area contributed by atoms with E-state index in [1.165, 1.54) is 6.42 Å². The van der Waals surface area contributed by atoms with Crippen LogP contribution in [0.1, 0.15) is 19.8 Å². The molecule has 68 valence electrons. The Morgan fingerprint density at radius 1 is 1.67 bits per heavy atom. The highest BCUT2D eigenvalue weighted by molar-refractivity contribution is 4.82. The number of nitriles is 1.